The van der Waals surface area contributed by atoms with Crippen molar-refractivity contribution in [2.45, 2.75) is 19.8 Å². The van der Waals surface area contributed by atoms with Gasteiger partial charge < -0.3 is 10.2 Å². The molecule has 2 aromatic carbocycles. The lowest BCUT2D eigenvalue weighted by Crippen LogP contribution is -2.03. The average molecular weight is 313 g/mol. The van der Waals surface area contributed by atoms with Crippen LogP contribution in [0.1, 0.15) is 30.9 Å². The van der Waals surface area contributed by atoms with Crippen LogP contribution in [0.2, 0.25) is 0 Å². The molecular formula is C18H19NO4. The van der Waals surface area contributed by atoms with Crippen LogP contribution in [0.3, 0.4) is 0 Å². The first-order chi connectivity index (χ1) is 11.0. The third-order valence-electron chi connectivity index (χ3n) is 3.69. The second kappa shape index (κ2) is 7.45. The van der Waals surface area contributed by atoms with Crippen LogP contribution in [0.4, 0.5) is 0 Å². The van der Waals surface area contributed by atoms with Gasteiger partial charge in [-0.3, -0.25) is 10.1 Å². The number of nitrogens with zero attached hydrogens (tertiary/aromatic N) is 1. The van der Waals surface area contributed by atoms with Crippen LogP contribution in [0, 0.1) is 10.1 Å². The Hall–Kier alpha value is -2.82. The van der Waals surface area contributed by atoms with E-state index < -0.39 is 0 Å². The molecule has 0 saturated heterocycles. The van der Waals surface area contributed by atoms with E-state index in [4.69, 9.17) is 0 Å². The zero-order valence-electron chi connectivity index (χ0n) is 12.9. The molecule has 0 radical (unpaired) electrons. The van der Waals surface area contributed by atoms with Crippen molar-refractivity contribution in [3.8, 4) is 11.5 Å². The molecule has 0 spiro atoms. The van der Waals surface area contributed by atoms with Crippen molar-refractivity contribution in [3.63, 3.8) is 0 Å². The van der Waals surface area contributed by atoms with Gasteiger partial charge in [0.05, 0.1) is 0 Å². The van der Waals surface area contributed by atoms with Gasteiger partial charge in [0.2, 0.25) is 6.54 Å². The fourth-order valence-electron chi connectivity index (χ4n) is 2.59. The average Bonchev–Trinajstić information content (AvgIpc) is 2.53. The molecule has 0 aliphatic carbocycles. The number of phenolic OH excluding ortho intramolecular Hbond substituents is 2. The number of hydrogen-bond donors (Lipinski definition) is 2. The molecule has 0 atom stereocenters. The lowest BCUT2D eigenvalue weighted by molar-refractivity contribution is -0.478. The predicted molar refractivity (Wildman–Crippen MR) is 89.8 cm³/mol. The van der Waals surface area contributed by atoms with Crippen LogP contribution in [-0.2, 0) is 0 Å². The van der Waals surface area contributed by atoms with Crippen molar-refractivity contribution in [1.29, 1.82) is 0 Å². The number of nitro groups is 1. The lowest BCUT2D eigenvalue weighted by Gasteiger charge is -2.14. The van der Waals surface area contributed by atoms with Crippen LogP contribution in [0.5, 0.6) is 11.5 Å². The van der Waals surface area contributed by atoms with Gasteiger partial charge in [-0.15, -0.1) is 0 Å². The van der Waals surface area contributed by atoms with Crippen LogP contribution >= 0.6 is 0 Å². The fraction of sp³-hybridized carbons (Fsp3) is 0.222. The number of allylic oxidation sites excluding steroid dienone is 1. The standard InChI is InChI=1S/C18H19NO4/c1-2-17(13-3-7-15(20)8-4-13)18(11-12-19(22)23)14-5-9-16(21)10-6-14/h3-10,20-21H,2,11-12H2,1H3/b18-17+. The minimum Gasteiger partial charge on any atom is -0.508 e. The van der Waals surface area contributed by atoms with Crippen molar-refractivity contribution in [3.05, 3.63) is 69.8 Å². The summed E-state index contributed by atoms with van der Waals surface area (Å²) in [5, 5.41) is 29.7. The maximum atomic E-state index is 10.8. The van der Waals surface area contributed by atoms with Gasteiger partial charge in [0.1, 0.15) is 11.5 Å². The second-order valence-corrected chi connectivity index (χ2v) is 5.21. The van der Waals surface area contributed by atoms with E-state index in [1.54, 1.807) is 48.5 Å². The Morgan fingerprint density at radius 3 is 1.74 bits per heavy atom. The molecule has 23 heavy (non-hydrogen) atoms. The van der Waals surface area contributed by atoms with Gasteiger partial charge in [0.15, 0.2) is 0 Å². The van der Waals surface area contributed by atoms with E-state index in [1.165, 1.54) is 0 Å². The quantitative estimate of drug-likeness (QED) is 0.478. The molecule has 2 rings (SSSR count). The minimum absolute atomic E-state index is 0.155. The third-order valence-corrected chi connectivity index (χ3v) is 3.69. The van der Waals surface area contributed by atoms with Crippen molar-refractivity contribution in [2.24, 2.45) is 0 Å². The molecule has 0 aliphatic rings. The van der Waals surface area contributed by atoms with Gasteiger partial charge in [0, 0.05) is 11.3 Å². The highest BCUT2D eigenvalue weighted by atomic mass is 16.6. The lowest BCUT2D eigenvalue weighted by atomic mass is 9.91. The Kier molecular flexibility index (Phi) is 5.36. The molecular weight excluding hydrogens is 294 g/mol. The highest BCUT2D eigenvalue weighted by Crippen LogP contribution is 2.32. The van der Waals surface area contributed by atoms with Crippen LogP contribution < -0.4 is 0 Å². The molecule has 0 unspecified atom stereocenters. The zero-order valence-corrected chi connectivity index (χ0v) is 12.9. The SMILES string of the molecule is CC/C(=C(/CC[N+](=O)[O-])c1ccc(O)cc1)c1ccc(O)cc1. The van der Waals surface area contributed by atoms with E-state index in [9.17, 15) is 20.3 Å². The molecule has 0 fully saturated rings. The highest BCUT2D eigenvalue weighted by Gasteiger charge is 2.13. The monoisotopic (exact) mass is 313 g/mol. The zero-order chi connectivity index (χ0) is 16.8. The first kappa shape index (κ1) is 16.5. The third kappa shape index (κ3) is 4.32. The Morgan fingerprint density at radius 1 is 0.913 bits per heavy atom. The summed E-state index contributed by atoms with van der Waals surface area (Å²) in [5.41, 5.74) is 3.67. The van der Waals surface area contributed by atoms with Gasteiger partial charge >= 0.3 is 0 Å². The van der Waals surface area contributed by atoms with Crippen molar-refractivity contribution < 1.29 is 15.1 Å². The maximum Gasteiger partial charge on any atom is 0.207 e. The first-order valence-electron chi connectivity index (χ1n) is 7.44. The van der Waals surface area contributed by atoms with E-state index in [1.807, 2.05) is 6.92 Å². The molecule has 5 nitrogen and oxygen atoms in total. The topological polar surface area (TPSA) is 83.6 Å². The maximum absolute atomic E-state index is 10.8. The molecule has 0 amide bonds. The van der Waals surface area contributed by atoms with E-state index in [0.717, 1.165) is 22.3 Å². The molecule has 5 heteroatoms. The predicted octanol–water partition coefficient (Wildman–Crippen LogP) is 4.09. The molecule has 0 saturated carbocycles. The highest BCUT2D eigenvalue weighted by molar-refractivity contribution is 5.91. The largest absolute Gasteiger partial charge is 0.508 e. The molecule has 0 aliphatic heterocycles. The number of aromatic hydroxyl groups is 2. The van der Waals surface area contributed by atoms with Gasteiger partial charge in [-0.25, -0.2) is 0 Å². The summed E-state index contributed by atoms with van der Waals surface area (Å²) in [7, 11) is 0. The molecule has 2 N–H and O–H groups in total. The summed E-state index contributed by atoms with van der Waals surface area (Å²) in [5.74, 6) is 0.339. The number of rotatable bonds is 6. The smallest absolute Gasteiger partial charge is 0.207 e. The van der Waals surface area contributed by atoms with Crippen LogP contribution in [-0.4, -0.2) is 21.7 Å². The molecule has 0 bridgehead atoms. The number of phenols is 2. The summed E-state index contributed by atoms with van der Waals surface area (Å²) in [6, 6.07) is 13.5. The number of hydrogen-bond acceptors (Lipinski definition) is 4. The molecule has 120 valence electrons. The van der Waals surface area contributed by atoms with E-state index in [0.29, 0.717) is 12.8 Å². The Morgan fingerprint density at radius 2 is 1.35 bits per heavy atom. The van der Waals surface area contributed by atoms with Crippen LogP contribution in [0.25, 0.3) is 11.1 Å². The van der Waals surface area contributed by atoms with E-state index in [2.05, 4.69) is 0 Å². The molecule has 0 aromatic heterocycles. The summed E-state index contributed by atoms with van der Waals surface area (Å²) >= 11 is 0. The Labute approximate surface area is 134 Å². The first-order valence-corrected chi connectivity index (χ1v) is 7.44. The minimum atomic E-state index is -0.329. The van der Waals surface area contributed by atoms with Crippen molar-refractivity contribution >= 4 is 11.1 Å². The number of benzene rings is 2. The normalized spacial score (nSPS) is 11.9. The van der Waals surface area contributed by atoms with Gasteiger partial charge in [-0.05, 0) is 53.0 Å². The van der Waals surface area contributed by atoms with Crippen molar-refractivity contribution in [2.75, 3.05) is 6.54 Å². The molecule has 2 aromatic rings. The molecule has 0 heterocycles. The van der Waals surface area contributed by atoms with Crippen molar-refractivity contribution in [1.82, 2.24) is 0 Å². The fourth-order valence-corrected chi connectivity index (χ4v) is 2.59. The van der Waals surface area contributed by atoms with E-state index in [-0.39, 0.29) is 23.0 Å². The Bertz CT molecular complexity index is 703. The summed E-state index contributed by atoms with van der Waals surface area (Å²) in [6.45, 7) is 1.84. The van der Waals surface area contributed by atoms with E-state index >= 15 is 0 Å². The van der Waals surface area contributed by atoms with Gasteiger partial charge in [-0.1, -0.05) is 31.2 Å². The summed E-state index contributed by atoms with van der Waals surface area (Å²) < 4.78 is 0. The van der Waals surface area contributed by atoms with Gasteiger partial charge in [-0.2, -0.15) is 0 Å². The van der Waals surface area contributed by atoms with Crippen LogP contribution in [0.15, 0.2) is 48.5 Å². The summed E-state index contributed by atoms with van der Waals surface area (Å²) in [6.07, 6.45) is 1.01. The second-order valence-electron chi connectivity index (χ2n) is 5.21. The van der Waals surface area contributed by atoms with Gasteiger partial charge in [0.25, 0.3) is 0 Å². The summed E-state index contributed by atoms with van der Waals surface area (Å²) in [4.78, 5) is 10.5. The Balaban J connectivity index is 2.52.